The molecule has 0 saturated carbocycles. The summed E-state index contributed by atoms with van der Waals surface area (Å²) in [5, 5.41) is 0. The fourth-order valence-electron chi connectivity index (χ4n) is 10.4. The standard InChI is InChI=1S/C69H132NO8P/c1-3-5-7-9-11-13-15-17-19-21-22-23-24-25-26-27-28-29-30-31-32-33-34-35-36-37-38-39-40-41-42-43-44-46-48-50-52-54-56-58-60-62-69(72)78-67(66-77-79(73,74)76-64-63-70)65-75-68(71)61-59-57-55-53-51-49-47-45-20-18-16-14-12-10-8-6-4-2/h15,17,21-22,24-25,67H,3-14,16,18-20,23,26-66,70H2,1-2H3,(H,73,74)/b17-15-,22-21-,25-24-. The minimum atomic E-state index is -4.38. The second kappa shape index (κ2) is 65.4. The Labute approximate surface area is 490 Å². The molecule has 79 heavy (non-hydrogen) atoms. The number of carbonyl (C=O) groups excluding carboxylic acids is 2. The molecule has 0 aliphatic carbocycles. The molecule has 0 bridgehead atoms. The Balaban J connectivity index is 3.73. The summed E-state index contributed by atoms with van der Waals surface area (Å²) in [5.74, 6) is -0.805. The molecule has 0 heterocycles. The van der Waals surface area contributed by atoms with Crippen LogP contribution in [0.3, 0.4) is 0 Å². The maximum Gasteiger partial charge on any atom is 0.472 e. The number of unbranched alkanes of at least 4 members (excludes halogenated alkanes) is 47. The van der Waals surface area contributed by atoms with Crippen molar-refractivity contribution in [3.05, 3.63) is 36.5 Å². The molecule has 0 rings (SSSR count). The van der Waals surface area contributed by atoms with Crippen LogP contribution >= 0.6 is 7.82 Å². The van der Waals surface area contributed by atoms with Gasteiger partial charge in [-0.05, 0) is 51.4 Å². The molecule has 0 aliphatic heterocycles. The topological polar surface area (TPSA) is 134 Å². The first-order valence-electron chi connectivity index (χ1n) is 34.5. The van der Waals surface area contributed by atoms with Gasteiger partial charge in [0.1, 0.15) is 6.61 Å². The van der Waals surface area contributed by atoms with Crippen LogP contribution in [0.1, 0.15) is 361 Å². The van der Waals surface area contributed by atoms with Crippen LogP contribution in [0.25, 0.3) is 0 Å². The SMILES string of the molecule is CCCCCCC/C=C\C/C=C\C/C=C\CCCCCCCCCCCCCCCCCCCCCCCCCCCCC(=O)OC(COC(=O)CCCCCCCCCCCCCCCCCCC)COP(=O)(O)OCCN. The van der Waals surface area contributed by atoms with Crippen LogP contribution in [0.4, 0.5) is 0 Å². The number of ether oxygens (including phenoxy) is 2. The molecule has 3 N–H and O–H groups in total. The molecule has 0 aliphatic rings. The lowest BCUT2D eigenvalue weighted by Gasteiger charge is -2.19. The van der Waals surface area contributed by atoms with Gasteiger partial charge in [-0.1, -0.05) is 333 Å². The molecule has 0 aromatic heterocycles. The maximum absolute atomic E-state index is 12.7. The Kier molecular flexibility index (Phi) is 63.9. The Morgan fingerprint density at radius 1 is 0.380 bits per heavy atom. The van der Waals surface area contributed by atoms with Crippen molar-refractivity contribution in [3.63, 3.8) is 0 Å². The lowest BCUT2D eigenvalue weighted by molar-refractivity contribution is -0.161. The van der Waals surface area contributed by atoms with Gasteiger partial charge in [0.2, 0.25) is 0 Å². The summed E-state index contributed by atoms with van der Waals surface area (Å²) in [7, 11) is -4.38. The van der Waals surface area contributed by atoms with Crippen molar-refractivity contribution in [3.8, 4) is 0 Å². The highest BCUT2D eigenvalue weighted by Crippen LogP contribution is 2.43. The summed E-state index contributed by atoms with van der Waals surface area (Å²) in [6.45, 7) is 3.80. The Bertz CT molecular complexity index is 1390. The van der Waals surface area contributed by atoms with Gasteiger partial charge in [0.15, 0.2) is 6.10 Å². The quantitative estimate of drug-likeness (QED) is 0.0264. The number of phosphoric ester groups is 1. The van der Waals surface area contributed by atoms with Gasteiger partial charge in [-0.3, -0.25) is 18.6 Å². The molecule has 0 spiro atoms. The minimum Gasteiger partial charge on any atom is -0.462 e. The van der Waals surface area contributed by atoms with Gasteiger partial charge >= 0.3 is 19.8 Å². The van der Waals surface area contributed by atoms with Crippen LogP contribution in [-0.4, -0.2) is 49.3 Å². The highest BCUT2D eigenvalue weighted by molar-refractivity contribution is 7.47. The van der Waals surface area contributed by atoms with Crippen LogP contribution in [0.15, 0.2) is 36.5 Å². The Morgan fingerprint density at radius 2 is 0.658 bits per heavy atom. The third-order valence-electron chi connectivity index (χ3n) is 15.5. The van der Waals surface area contributed by atoms with Gasteiger partial charge in [0, 0.05) is 19.4 Å². The Hall–Kier alpha value is -1.77. The van der Waals surface area contributed by atoms with E-state index in [0.717, 1.165) is 44.9 Å². The largest absolute Gasteiger partial charge is 0.472 e. The summed E-state index contributed by atoms with van der Waals surface area (Å²) in [6, 6.07) is 0. The molecule has 0 saturated heterocycles. The van der Waals surface area contributed by atoms with Crippen molar-refractivity contribution in [2.45, 2.75) is 367 Å². The number of rotatable bonds is 66. The van der Waals surface area contributed by atoms with E-state index < -0.39 is 26.5 Å². The van der Waals surface area contributed by atoms with Crippen molar-refractivity contribution < 1.29 is 37.6 Å². The van der Waals surface area contributed by atoms with Gasteiger partial charge < -0.3 is 20.1 Å². The number of nitrogens with two attached hydrogens (primary N) is 1. The zero-order chi connectivity index (χ0) is 57.3. The van der Waals surface area contributed by atoms with E-state index in [1.165, 1.54) is 283 Å². The molecule has 0 amide bonds. The molecule has 0 radical (unpaired) electrons. The van der Waals surface area contributed by atoms with Crippen LogP contribution in [-0.2, 0) is 32.7 Å². The van der Waals surface area contributed by atoms with Gasteiger partial charge in [0.25, 0.3) is 0 Å². The summed E-state index contributed by atoms with van der Waals surface area (Å²) in [4.78, 5) is 35.2. The van der Waals surface area contributed by atoms with E-state index in [-0.39, 0.29) is 38.6 Å². The fourth-order valence-corrected chi connectivity index (χ4v) is 11.2. The first-order valence-corrected chi connectivity index (χ1v) is 36.0. The van der Waals surface area contributed by atoms with Gasteiger partial charge in [-0.2, -0.15) is 0 Å². The predicted molar refractivity (Wildman–Crippen MR) is 340 cm³/mol. The highest BCUT2D eigenvalue weighted by Gasteiger charge is 2.26. The van der Waals surface area contributed by atoms with Crippen molar-refractivity contribution in [1.82, 2.24) is 0 Å². The summed E-state index contributed by atoms with van der Waals surface area (Å²) in [6.07, 6.45) is 81.1. The van der Waals surface area contributed by atoms with Crippen molar-refractivity contribution in [2.24, 2.45) is 5.73 Å². The smallest absolute Gasteiger partial charge is 0.462 e. The monoisotopic (exact) mass is 1130 g/mol. The Morgan fingerprint density at radius 3 is 0.975 bits per heavy atom. The van der Waals surface area contributed by atoms with Gasteiger partial charge in [0.05, 0.1) is 13.2 Å². The number of carbonyl (C=O) groups is 2. The van der Waals surface area contributed by atoms with E-state index >= 15 is 0 Å². The van der Waals surface area contributed by atoms with E-state index in [9.17, 15) is 19.0 Å². The van der Waals surface area contributed by atoms with Crippen LogP contribution in [0.2, 0.25) is 0 Å². The maximum atomic E-state index is 12.7. The van der Waals surface area contributed by atoms with E-state index in [4.69, 9.17) is 24.3 Å². The zero-order valence-electron chi connectivity index (χ0n) is 52.4. The third-order valence-corrected chi connectivity index (χ3v) is 16.5. The molecule has 0 aromatic carbocycles. The molecule has 9 nitrogen and oxygen atoms in total. The first kappa shape index (κ1) is 77.2. The van der Waals surface area contributed by atoms with Crippen molar-refractivity contribution >= 4 is 19.8 Å². The van der Waals surface area contributed by atoms with Crippen LogP contribution in [0.5, 0.6) is 0 Å². The molecular formula is C69H132NO8P. The van der Waals surface area contributed by atoms with Gasteiger partial charge in [-0.15, -0.1) is 0 Å². The first-order chi connectivity index (χ1) is 38.8. The fraction of sp³-hybridized carbons (Fsp3) is 0.884. The molecule has 2 atom stereocenters. The predicted octanol–water partition coefficient (Wildman–Crippen LogP) is 22.3. The average Bonchev–Trinajstić information content (AvgIpc) is 3.44. The molecule has 10 heteroatoms. The van der Waals surface area contributed by atoms with Crippen LogP contribution < -0.4 is 5.73 Å². The van der Waals surface area contributed by atoms with E-state index in [0.29, 0.717) is 6.42 Å². The summed E-state index contributed by atoms with van der Waals surface area (Å²) >= 11 is 0. The van der Waals surface area contributed by atoms with Crippen LogP contribution in [0, 0.1) is 0 Å². The molecule has 466 valence electrons. The van der Waals surface area contributed by atoms with E-state index in [1.807, 2.05) is 0 Å². The number of phosphoric acid groups is 1. The second-order valence-electron chi connectivity index (χ2n) is 23.4. The van der Waals surface area contributed by atoms with E-state index in [1.54, 1.807) is 0 Å². The third kappa shape index (κ3) is 65.3. The second-order valence-corrected chi connectivity index (χ2v) is 24.9. The average molecular weight is 1130 g/mol. The lowest BCUT2D eigenvalue weighted by atomic mass is 10.0. The highest BCUT2D eigenvalue weighted by atomic mass is 31.2. The molecule has 0 aromatic rings. The number of hydrogen-bond acceptors (Lipinski definition) is 8. The number of esters is 2. The molecule has 2 unspecified atom stereocenters. The summed E-state index contributed by atoms with van der Waals surface area (Å²) < 4.78 is 33.1. The molecular weight excluding hydrogens is 1000 g/mol. The summed E-state index contributed by atoms with van der Waals surface area (Å²) in [5.41, 5.74) is 5.39. The van der Waals surface area contributed by atoms with E-state index in [2.05, 4.69) is 50.3 Å². The number of allylic oxidation sites excluding steroid dienone is 6. The lowest BCUT2D eigenvalue weighted by Crippen LogP contribution is -2.29. The molecule has 0 fully saturated rings. The van der Waals surface area contributed by atoms with Crippen molar-refractivity contribution in [2.75, 3.05) is 26.4 Å². The minimum absolute atomic E-state index is 0.0569. The van der Waals surface area contributed by atoms with Gasteiger partial charge in [-0.25, -0.2) is 4.57 Å². The van der Waals surface area contributed by atoms with Crippen molar-refractivity contribution in [1.29, 1.82) is 0 Å². The zero-order valence-corrected chi connectivity index (χ0v) is 53.3. The normalized spacial score (nSPS) is 13.1. The number of hydrogen-bond donors (Lipinski definition) is 2.